The summed E-state index contributed by atoms with van der Waals surface area (Å²) in [5.41, 5.74) is 1.75. The summed E-state index contributed by atoms with van der Waals surface area (Å²) in [7, 11) is 6.67. The van der Waals surface area contributed by atoms with Crippen LogP contribution >= 0.6 is 0 Å². The Morgan fingerprint density at radius 3 is 2.39 bits per heavy atom. The van der Waals surface area contributed by atoms with E-state index in [-0.39, 0.29) is 0 Å². The molecule has 0 aromatic carbocycles. The molecule has 2 aliphatic rings. The van der Waals surface area contributed by atoms with Gasteiger partial charge in [-0.1, -0.05) is 6.58 Å². The molecule has 0 aromatic heterocycles. The molecule has 0 unspecified atom stereocenters. The van der Waals surface area contributed by atoms with Crippen LogP contribution in [0.2, 0.25) is 0 Å². The molecule has 2 rings (SSSR count). The van der Waals surface area contributed by atoms with Crippen LogP contribution in [0.4, 0.5) is 0 Å². The zero-order valence-corrected chi connectivity index (χ0v) is 12.3. The van der Waals surface area contributed by atoms with Crippen LogP contribution in [0.5, 0.6) is 0 Å². The van der Waals surface area contributed by atoms with Crippen molar-refractivity contribution in [3.63, 3.8) is 0 Å². The number of nitrogens with one attached hydrogen (secondary N) is 1. The van der Waals surface area contributed by atoms with Crippen molar-refractivity contribution in [2.24, 2.45) is 0 Å². The van der Waals surface area contributed by atoms with Crippen LogP contribution in [0, 0.1) is 0 Å². The summed E-state index contributed by atoms with van der Waals surface area (Å²) in [6, 6.07) is 0.784. The zero-order valence-electron chi connectivity index (χ0n) is 12.3. The summed E-state index contributed by atoms with van der Waals surface area (Å²) in [6.07, 6.45) is 6.78. The van der Waals surface area contributed by atoms with E-state index < -0.39 is 0 Å². The third kappa shape index (κ3) is 3.56. The maximum absolute atomic E-state index is 4.20. The highest BCUT2D eigenvalue weighted by Gasteiger charge is 2.39. The third-order valence-corrected chi connectivity index (χ3v) is 4.51. The van der Waals surface area contributed by atoms with Gasteiger partial charge in [0.2, 0.25) is 0 Å². The Bertz CT molecular complexity index is 290. The normalized spacial score (nSPS) is 22.3. The van der Waals surface area contributed by atoms with Gasteiger partial charge < -0.3 is 15.1 Å². The summed E-state index contributed by atoms with van der Waals surface area (Å²) in [5.74, 6) is 0. The number of likely N-dealkylation sites (N-methyl/N-ethyl adjacent to an activating group) is 2. The van der Waals surface area contributed by atoms with E-state index in [1.54, 1.807) is 0 Å². The van der Waals surface area contributed by atoms with E-state index >= 15 is 0 Å². The lowest BCUT2D eigenvalue weighted by molar-refractivity contribution is 0.0301. The SMILES string of the molecule is C=C(CNC1CC1)CN(C)CC1(N(C)C)CCC1. The molecule has 0 saturated heterocycles. The lowest BCUT2D eigenvalue weighted by atomic mass is 9.75. The van der Waals surface area contributed by atoms with Gasteiger partial charge in [0.05, 0.1) is 0 Å². The molecular formula is C15H29N3. The van der Waals surface area contributed by atoms with Crippen molar-refractivity contribution in [2.75, 3.05) is 40.8 Å². The predicted molar refractivity (Wildman–Crippen MR) is 77.9 cm³/mol. The first-order chi connectivity index (χ1) is 8.52. The first-order valence-electron chi connectivity index (χ1n) is 7.28. The van der Waals surface area contributed by atoms with Crippen molar-refractivity contribution in [3.05, 3.63) is 12.2 Å². The van der Waals surface area contributed by atoms with Gasteiger partial charge in [-0.05, 0) is 58.8 Å². The molecule has 0 spiro atoms. The Balaban J connectivity index is 1.69. The molecule has 0 aliphatic heterocycles. The highest BCUT2D eigenvalue weighted by atomic mass is 15.2. The van der Waals surface area contributed by atoms with Crippen LogP contribution < -0.4 is 5.32 Å². The molecule has 18 heavy (non-hydrogen) atoms. The highest BCUT2D eigenvalue weighted by molar-refractivity contribution is 5.04. The van der Waals surface area contributed by atoms with Crippen molar-refractivity contribution in [1.29, 1.82) is 0 Å². The molecule has 2 saturated carbocycles. The maximum Gasteiger partial charge on any atom is 0.0330 e. The quantitative estimate of drug-likeness (QED) is 0.663. The molecule has 0 amide bonds. The predicted octanol–water partition coefficient (Wildman–Crippen LogP) is 1.71. The van der Waals surface area contributed by atoms with E-state index in [0.29, 0.717) is 5.54 Å². The van der Waals surface area contributed by atoms with Crippen LogP contribution in [0.15, 0.2) is 12.2 Å². The van der Waals surface area contributed by atoms with Gasteiger partial charge in [0.25, 0.3) is 0 Å². The van der Waals surface area contributed by atoms with Crippen molar-refractivity contribution in [2.45, 2.75) is 43.7 Å². The van der Waals surface area contributed by atoms with Gasteiger partial charge in [-0.2, -0.15) is 0 Å². The average Bonchev–Trinajstić information content (AvgIpc) is 3.03. The fourth-order valence-electron chi connectivity index (χ4n) is 2.90. The Morgan fingerprint density at radius 2 is 1.94 bits per heavy atom. The van der Waals surface area contributed by atoms with E-state index in [1.165, 1.54) is 44.2 Å². The third-order valence-electron chi connectivity index (χ3n) is 4.51. The summed E-state index contributed by atoms with van der Waals surface area (Å²) < 4.78 is 0. The van der Waals surface area contributed by atoms with Gasteiger partial charge in [-0.15, -0.1) is 0 Å². The standard InChI is InChI=1S/C15H29N3/c1-13(10-16-14-6-7-14)11-18(4)12-15(17(2)3)8-5-9-15/h14,16H,1,5-12H2,2-4H3. The van der Waals surface area contributed by atoms with E-state index in [2.05, 4.69) is 42.8 Å². The molecule has 3 heteroatoms. The summed E-state index contributed by atoms with van der Waals surface area (Å²) in [6.45, 7) is 7.38. The Morgan fingerprint density at radius 1 is 1.28 bits per heavy atom. The Kier molecular flexibility index (Phi) is 4.46. The van der Waals surface area contributed by atoms with Crippen LogP contribution in [0.25, 0.3) is 0 Å². The summed E-state index contributed by atoms with van der Waals surface area (Å²) in [4.78, 5) is 4.86. The van der Waals surface area contributed by atoms with E-state index in [1.807, 2.05) is 0 Å². The Labute approximate surface area is 112 Å². The summed E-state index contributed by atoms with van der Waals surface area (Å²) in [5, 5.41) is 3.54. The van der Waals surface area contributed by atoms with Gasteiger partial charge in [-0.3, -0.25) is 0 Å². The second-order valence-corrected chi connectivity index (χ2v) is 6.55. The number of rotatable bonds is 8. The molecule has 0 heterocycles. The van der Waals surface area contributed by atoms with E-state index in [4.69, 9.17) is 0 Å². The van der Waals surface area contributed by atoms with Gasteiger partial charge in [0.15, 0.2) is 0 Å². The molecule has 104 valence electrons. The van der Waals surface area contributed by atoms with Crippen molar-refractivity contribution in [3.8, 4) is 0 Å². The zero-order chi connectivity index (χ0) is 13.2. The Hall–Kier alpha value is -0.380. The average molecular weight is 251 g/mol. The van der Waals surface area contributed by atoms with Gasteiger partial charge in [0, 0.05) is 31.2 Å². The van der Waals surface area contributed by atoms with Crippen LogP contribution in [0.1, 0.15) is 32.1 Å². The van der Waals surface area contributed by atoms with Crippen molar-refractivity contribution in [1.82, 2.24) is 15.1 Å². The lowest BCUT2D eigenvalue weighted by Gasteiger charge is -2.49. The van der Waals surface area contributed by atoms with Crippen LogP contribution in [-0.2, 0) is 0 Å². The number of nitrogens with zero attached hydrogens (tertiary/aromatic N) is 2. The second-order valence-electron chi connectivity index (χ2n) is 6.55. The van der Waals surface area contributed by atoms with Gasteiger partial charge in [-0.25, -0.2) is 0 Å². The molecule has 0 atom stereocenters. The van der Waals surface area contributed by atoms with Crippen molar-refractivity contribution < 1.29 is 0 Å². The molecule has 1 N–H and O–H groups in total. The first-order valence-corrected chi connectivity index (χ1v) is 7.28. The fourth-order valence-corrected chi connectivity index (χ4v) is 2.90. The van der Waals surface area contributed by atoms with Crippen LogP contribution in [-0.4, -0.2) is 62.2 Å². The smallest absolute Gasteiger partial charge is 0.0330 e. The van der Waals surface area contributed by atoms with Gasteiger partial charge in [0.1, 0.15) is 0 Å². The molecule has 0 bridgehead atoms. The minimum Gasteiger partial charge on any atom is -0.310 e. The minimum absolute atomic E-state index is 0.430. The molecule has 3 nitrogen and oxygen atoms in total. The molecule has 2 aliphatic carbocycles. The molecule has 0 aromatic rings. The topological polar surface area (TPSA) is 18.5 Å². The molecule has 0 radical (unpaired) electrons. The van der Waals surface area contributed by atoms with Gasteiger partial charge >= 0.3 is 0 Å². The van der Waals surface area contributed by atoms with E-state index in [0.717, 1.165) is 19.1 Å². The monoisotopic (exact) mass is 251 g/mol. The largest absolute Gasteiger partial charge is 0.310 e. The highest BCUT2D eigenvalue weighted by Crippen LogP contribution is 2.36. The number of hydrogen-bond acceptors (Lipinski definition) is 3. The lowest BCUT2D eigenvalue weighted by Crippen LogP contribution is -2.56. The van der Waals surface area contributed by atoms with E-state index in [9.17, 15) is 0 Å². The van der Waals surface area contributed by atoms with Crippen LogP contribution in [0.3, 0.4) is 0 Å². The minimum atomic E-state index is 0.430. The first kappa shape index (κ1) is 14.0. The fraction of sp³-hybridized carbons (Fsp3) is 0.867. The molecular weight excluding hydrogens is 222 g/mol. The van der Waals surface area contributed by atoms with Crippen molar-refractivity contribution >= 4 is 0 Å². The molecule has 2 fully saturated rings. The number of hydrogen-bond donors (Lipinski definition) is 1. The maximum atomic E-state index is 4.20. The summed E-state index contributed by atoms with van der Waals surface area (Å²) >= 11 is 0. The second kappa shape index (κ2) is 5.72.